The van der Waals surface area contributed by atoms with Gasteiger partial charge in [-0.3, -0.25) is 4.79 Å². The summed E-state index contributed by atoms with van der Waals surface area (Å²) < 4.78 is 0. The lowest BCUT2D eigenvalue weighted by molar-refractivity contribution is -0.118. The van der Waals surface area contributed by atoms with Gasteiger partial charge in [-0.25, -0.2) is 4.79 Å². The first-order valence-electron chi connectivity index (χ1n) is 4.43. The zero-order valence-electron chi connectivity index (χ0n) is 7.08. The fourth-order valence-electron chi connectivity index (χ4n) is 1.73. The summed E-state index contributed by atoms with van der Waals surface area (Å²) in [4.78, 5) is 23.7. The van der Waals surface area contributed by atoms with E-state index in [1.165, 1.54) is 25.3 Å². The van der Waals surface area contributed by atoms with Crippen molar-refractivity contribution in [1.82, 2.24) is 0 Å². The van der Waals surface area contributed by atoms with E-state index < -0.39 is 0 Å². The third-order valence-electron chi connectivity index (χ3n) is 2.36. The molecule has 0 radical (unpaired) electrons. The highest BCUT2D eigenvalue weighted by Crippen LogP contribution is 2.26. The van der Waals surface area contributed by atoms with Crippen LogP contribution in [0, 0.1) is 5.92 Å². The molecular weight excluding hydrogens is 154 g/mol. The van der Waals surface area contributed by atoms with Crippen molar-refractivity contribution in [3.05, 3.63) is 0 Å². The normalized spacial score (nSPS) is 18.3. The number of carbonyl (C=O) groups is 1. The second kappa shape index (κ2) is 4.83. The van der Waals surface area contributed by atoms with Crippen LogP contribution in [-0.2, 0) is 9.59 Å². The predicted octanol–water partition coefficient (Wildman–Crippen LogP) is 1.82. The minimum absolute atomic E-state index is 0.308. The van der Waals surface area contributed by atoms with Crippen LogP contribution < -0.4 is 0 Å². The first-order chi connectivity index (χ1) is 5.83. The Hall–Kier alpha value is -0.950. The van der Waals surface area contributed by atoms with Crippen LogP contribution in [0.2, 0.25) is 0 Å². The van der Waals surface area contributed by atoms with Gasteiger partial charge < -0.3 is 0 Å². The molecule has 66 valence electrons. The molecule has 0 aromatic carbocycles. The number of rotatable bonds is 2. The van der Waals surface area contributed by atoms with Gasteiger partial charge in [-0.05, 0) is 18.8 Å². The van der Waals surface area contributed by atoms with Gasteiger partial charge in [0.1, 0.15) is 0 Å². The molecule has 0 saturated heterocycles. The maximum atomic E-state index is 10.9. The van der Waals surface area contributed by atoms with Crippen molar-refractivity contribution in [2.45, 2.75) is 38.5 Å². The highest BCUT2D eigenvalue weighted by molar-refractivity contribution is 5.81. The van der Waals surface area contributed by atoms with Crippen molar-refractivity contribution in [1.29, 1.82) is 0 Å². The van der Waals surface area contributed by atoms with Crippen LogP contribution >= 0.6 is 0 Å². The summed E-state index contributed by atoms with van der Waals surface area (Å²) in [6.45, 7) is 0. The first kappa shape index (κ1) is 9.14. The molecule has 3 nitrogen and oxygen atoms in total. The van der Waals surface area contributed by atoms with Crippen molar-refractivity contribution in [3.63, 3.8) is 0 Å². The summed E-state index contributed by atoms with van der Waals surface area (Å²) in [6, 6.07) is 0. The summed E-state index contributed by atoms with van der Waals surface area (Å²) in [5.74, 6) is 0.153. The van der Waals surface area contributed by atoms with E-state index in [9.17, 15) is 9.59 Å². The summed E-state index contributed by atoms with van der Waals surface area (Å²) in [7, 11) is 0. The third kappa shape index (κ3) is 2.97. The molecule has 0 atom stereocenters. The monoisotopic (exact) mass is 167 g/mol. The van der Waals surface area contributed by atoms with Gasteiger partial charge in [-0.1, -0.05) is 19.3 Å². The highest BCUT2D eigenvalue weighted by atomic mass is 16.2. The van der Waals surface area contributed by atoms with Crippen LogP contribution in [0.15, 0.2) is 4.99 Å². The SMILES string of the molecule is O=C=NC(=O)CC1CCCCC1. The van der Waals surface area contributed by atoms with Crippen molar-refractivity contribution >= 4 is 12.0 Å². The van der Waals surface area contributed by atoms with Crippen molar-refractivity contribution in [3.8, 4) is 0 Å². The zero-order valence-corrected chi connectivity index (χ0v) is 7.08. The molecule has 12 heavy (non-hydrogen) atoms. The van der Waals surface area contributed by atoms with Crippen LogP contribution in [0.1, 0.15) is 38.5 Å². The van der Waals surface area contributed by atoms with E-state index in [-0.39, 0.29) is 5.91 Å². The second-order valence-electron chi connectivity index (χ2n) is 3.30. The number of hydrogen-bond donors (Lipinski definition) is 0. The van der Waals surface area contributed by atoms with Crippen molar-refractivity contribution < 1.29 is 9.59 Å². The lowest BCUT2D eigenvalue weighted by Crippen LogP contribution is -2.10. The number of isocyanates is 1. The van der Waals surface area contributed by atoms with E-state index in [0.29, 0.717) is 12.3 Å². The maximum absolute atomic E-state index is 10.9. The highest BCUT2D eigenvalue weighted by Gasteiger charge is 2.16. The van der Waals surface area contributed by atoms with Gasteiger partial charge in [0.25, 0.3) is 5.91 Å². The van der Waals surface area contributed by atoms with Gasteiger partial charge in [0.05, 0.1) is 0 Å². The summed E-state index contributed by atoms with van der Waals surface area (Å²) in [5, 5.41) is 0. The van der Waals surface area contributed by atoms with Gasteiger partial charge in [0, 0.05) is 6.42 Å². The average Bonchev–Trinajstić information content (AvgIpc) is 2.06. The molecule has 1 amide bonds. The van der Waals surface area contributed by atoms with Crippen molar-refractivity contribution in [2.24, 2.45) is 10.9 Å². The van der Waals surface area contributed by atoms with E-state index in [2.05, 4.69) is 4.99 Å². The minimum Gasteiger partial charge on any atom is -0.272 e. The van der Waals surface area contributed by atoms with Crippen LogP contribution in [-0.4, -0.2) is 12.0 Å². The van der Waals surface area contributed by atoms with E-state index >= 15 is 0 Å². The molecule has 0 unspecified atom stereocenters. The Balaban J connectivity index is 2.29. The Labute approximate surface area is 71.9 Å². The largest absolute Gasteiger partial charge is 0.272 e. The maximum Gasteiger partial charge on any atom is 0.256 e. The van der Waals surface area contributed by atoms with Crippen LogP contribution in [0.5, 0.6) is 0 Å². The molecule has 1 aliphatic rings. The molecule has 0 heterocycles. The fraction of sp³-hybridized carbons (Fsp3) is 0.778. The molecule has 0 aromatic rings. The third-order valence-corrected chi connectivity index (χ3v) is 2.36. The van der Waals surface area contributed by atoms with Gasteiger partial charge in [0.15, 0.2) is 0 Å². The smallest absolute Gasteiger partial charge is 0.256 e. The Morgan fingerprint density at radius 3 is 2.58 bits per heavy atom. The quantitative estimate of drug-likeness (QED) is 0.465. The topological polar surface area (TPSA) is 46.5 Å². The molecule has 0 bridgehead atoms. The van der Waals surface area contributed by atoms with Crippen LogP contribution in [0.25, 0.3) is 0 Å². The van der Waals surface area contributed by atoms with Gasteiger partial charge in [0.2, 0.25) is 6.08 Å². The molecule has 1 fully saturated rings. The summed E-state index contributed by atoms with van der Waals surface area (Å²) in [6.07, 6.45) is 7.65. The van der Waals surface area contributed by atoms with Crippen LogP contribution in [0.4, 0.5) is 0 Å². The second-order valence-corrected chi connectivity index (χ2v) is 3.30. The lowest BCUT2D eigenvalue weighted by Gasteiger charge is -2.19. The molecule has 1 saturated carbocycles. The molecule has 0 spiro atoms. The fourth-order valence-corrected chi connectivity index (χ4v) is 1.73. The summed E-state index contributed by atoms with van der Waals surface area (Å²) >= 11 is 0. The van der Waals surface area contributed by atoms with E-state index in [4.69, 9.17) is 0 Å². The van der Waals surface area contributed by atoms with E-state index in [1.807, 2.05) is 0 Å². The van der Waals surface area contributed by atoms with Gasteiger partial charge >= 0.3 is 0 Å². The number of carbonyl (C=O) groups excluding carboxylic acids is 2. The zero-order chi connectivity index (χ0) is 8.81. The molecule has 1 rings (SSSR count). The Bertz CT molecular complexity index is 201. The number of aliphatic imine (C=N–C) groups is 1. The number of nitrogens with zero attached hydrogens (tertiary/aromatic N) is 1. The predicted molar refractivity (Wildman–Crippen MR) is 44.3 cm³/mol. The van der Waals surface area contributed by atoms with Gasteiger partial charge in [-0.2, -0.15) is 0 Å². The molecule has 0 N–H and O–H groups in total. The summed E-state index contributed by atoms with van der Waals surface area (Å²) in [5.41, 5.74) is 0. The first-order valence-corrected chi connectivity index (χ1v) is 4.43. The Kier molecular flexibility index (Phi) is 3.68. The Morgan fingerprint density at radius 2 is 2.00 bits per heavy atom. The Morgan fingerprint density at radius 1 is 1.33 bits per heavy atom. The standard InChI is InChI=1S/C9H13NO2/c11-7-10-9(12)6-8-4-2-1-3-5-8/h8H,1-6H2. The number of amides is 1. The number of hydrogen-bond acceptors (Lipinski definition) is 2. The lowest BCUT2D eigenvalue weighted by atomic mass is 9.87. The molecule has 3 heteroatoms. The molecule has 0 aliphatic heterocycles. The molecule has 1 aliphatic carbocycles. The molecule has 0 aromatic heterocycles. The van der Waals surface area contributed by atoms with E-state index in [1.54, 1.807) is 0 Å². The minimum atomic E-state index is -0.308. The van der Waals surface area contributed by atoms with Crippen molar-refractivity contribution in [2.75, 3.05) is 0 Å². The van der Waals surface area contributed by atoms with Gasteiger partial charge in [-0.15, -0.1) is 4.99 Å². The van der Waals surface area contributed by atoms with E-state index in [0.717, 1.165) is 12.8 Å². The molecular formula is C9H13NO2. The van der Waals surface area contributed by atoms with Crippen LogP contribution in [0.3, 0.4) is 0 Å². The average molecular weight is 167 g/mol.